The Labute approximate surface area is 137 Å². The van der Waals surface area contributed by atoms with Crippen molar-refractivity contribution >= 4 is 22.4 Å². The van der Waals surface area contributed by atoms with Crippen molar-refractivity contribution in [1.29, 1.82) is 0 Å². The largest absolute Gasteiger partial charge is 0.296 e. The fraction of sp³-hybridized carbons (Fsp3) is 0.250. The summed E-state index contributed by atoms with van der Waals surface area (Å²) in [4.78, 5) is 17.8. The zero-order valence-electron chi connectivity index (χ0n) is 12.3. The fourth-order valence-electron chi connectivity index (χ4n) is 2.91. The van der Waals surface area contributed by atoms with Crippen LogP contribution in [0.2, 0.25) is 0 Å². The van der Waals surface area contributed by atoms with Crippen LogP contribution in [-0.4, -0.2) is 26.3 Å². The predicted molar refractivity (Wildman–Crippen MR) is 87.7 cm³/mol. The summed E-state index contributed by atoms with van der Waals surface area (Å²) in [5.74, 6) is 0.243. The zero-order valence-corrected chi connectivity index (χ0v) is 13.1. The van der Waals surface area contributed by atoms with Gasteiger partial charge in [0.1, 0.15) is 0 Å². The van der Waals surface area contributed by atoms with E-state index in [9.17, 15) is 4.79 Å². The minimum atomic E-state index is -0.288. The molecule has 0 bridgehead atoms. The molecule has 1 aliphatic rings. The summed E-state index contributed by atoms with van der Waals surface area (Å²) in [6, 6.07) is 10.6. The quantitative estimate of drug-likeness (QED) is 0.775. The molecule has 1 aromatic carbocycles. The third kappa shape index (κ3) is 2.87. The molecular formula is C16H15N5OS. The first-order chi connectivity index (χ1) is 11.3. The summed E-state index contributed by atoms with van der Waals surface area (Å²) in [5.41, 5.74) is 2.75. The van der Waals surface area contributed by atoms with Crippen LogP contribution in [0.4, 0.5) is 5.13 Å². The van der Waals surface area contributed by atoms with Crippen LogP contribution < -0.4 is 5.32 Å². The standard InChI is InChI=1S/C16H15N5OS/c22-15(13-9-17-21-20-13)19-16-18-12-7-6-11(8-14(12)23-16)10-4-2-1-3-5-10/h1-5,9,11H,6-8H2,(H,17,20,21)(H,18,19,22)/t11-/m1/s1. The fourth-order valence-corrected chi connectivity index (χ4v) is 3.99. The maximum atomic E-state index is 12.0. The highest BCUT2D eigenvalue weighted by atomic mass is 32.1. The first-order valence-electron chi connectivity index (χ1n) is 7.50. The highest BCUT2D eigenvalue weighted by Crippen LogP contribution is 2.36. The number of rotatable bonds is 3. The number of H-pyrrole nitrogens is 1. The number of aromatic nitrogens is 4. The molecule has 116 valence electrons. The van der Waals surface area contributed by atoms with Crippen LogP contribution in [0.15, 0.2) is 36.5 Å². The Hall–Kier alpha value is -2.54. The number of carbonyl (C=O) groups excluding carboxylic acids is 1. The molecule has 0 unspecified atom stereocenters. The van der Waals surface area contributed by atoms with Crippen LogP contribution >= 0.6 is 11.3 Å². The first kappa shape index (κ1) is 14.1. The van der Waals surface area contributed by atoms with Crippen molar-refractivity contribution in [3.8, 4) is 0 Å². The number of nitrogens with zero attached hydrogens (tertiary/aromatic N) is 3. The summed E-state index contributed by atoms with van der Waals surface area (Å²) in [5, 5.41) is 13.3. The molecule has 0 radical (unpaired) electrons. The van der Waals surface area contributed by atoms with Gasteiger partial charge in [-0.3, -0.25) is 10.1 Å². The lowest BCUT2D eigenvalue weighted by atomic mass is 9.85. The van der Waals surface area contributed by atoms with Crippen molar-refractivity contribution in [2.75, 3.05) is 5.32 Å². The van der Waals surface area contributed by atoms with Gasteiger partial charge in [0, 0.05) is 4.88 Å². The van der Waals surface area contributed by atoms with Crippen LogP contribution in [0.1, 0.15) is 39.0 Å². The number of aryl methyl sites for hydroxylation is 1. The smallest absolute Gasteiger partial charge is 0.279 e. The van der Waals surface area contributed by atoms with Gasteiger partial charge >= 0.3 is 0 Å². The summed E-state index contributed by atoms with van der Waals surface area (Å²) in [6.45, 7) is 0. The van der Waals surface area contributed by atoms with E-state index in [0.29, 0.717) is 11.0 Å². The topological polar surface area (TPSA) is 83.6 Å². The van der Waals surface area contributed by atoms with Crippen molar-refractivity contribution < 1.29 is 4.79 Å². The second-order valence-corrected chi connectivity index (χ2v) is 6.63. The summed E-state index contributed by atoms with van der Waals surface area (Å²) < 4.78 is 0. The molecule has 0 spiro atoms. The molecule has 1 amide bonds. The lowest BCUT2D eigenvalue weighted by molar-refractivity contribution is 0.102. The first-order valence-corrected chi connectivity index (χ1v) is 8.32. The molecule has 0 saturated heterocycles. The summed E-state index contributed by atoms with van der Waals surface area (Å²) in [7, 11) is 0. The maximum absolute atomic E-state index is 12.0. The van der Waals surface area contributed by atoms with E-state index in [1.165, 1.54) is 16.6 Å². The SMILES string of the molecule is O=C(Nc1nc2c(s1)C[C@H](c1ccccc1)CC2)c1cn[nH]n1. The van der Waals surface area contributed by atoms with Gasteiger partial charge in [0.2, 0.25) is 0 Å². The van der Waals surface area contributed by atoms with Crippen molar-refractivity contribution in [3.05, 3.63) is 58.4 Å². The zero-order chi connectivity index (χ0) is 15.6. The molecular weight excluding hydrogens is 310 g/mol. The highest BCUT2D eigenvalue weighted by Gasteiger charge is 2.24. The van der Waals surface area contributed by atoms with Crippen LogP contribution in [0.5, 0.6) is 0 Å². The second-order valence-electron chi connectivity index (χ2n) is 5.55. The number of benzene rings is 1. The van der Waals surface area contributed by atoms with Crippen molar-refractivity contribution in [2.24, 2.45) is 0 Å². The molecule has 6 nitrogen and oxygen atoms in total. The van der Waals surface area contributed by atoms with E-state index in [1.54, 1.807) is 11.3 Å². The molecule has 1 atom stereocenters. The molecule has 2 heterocycles. The monoisotopic (exact) mass is 325 g/mol. The highest BCUT2D eigenvalue weighted by molar-refractivity contribution is 7.15. The number of thiazole rings is 1. The molecule has 4 rings (SSSR count). The van der Waals surface area contributed by atoms with Crippen LogP contribution in [-0.2, 0) is 12.8 Å². The number of hydrogen-bond acceptors (Lipinski definition) is 5. The molecule has 0 aliphatic heterocycles. The van der Waals surface area contributed by atoms with E-state index in [4.69, 9.17) is 0 Å². The van der Waals surface area contributed by atoms with E-state index >= 15 is 0 Å². The van der Waals surface area contributed by atoms with E-state index in [2.05, 4.69) is 50.0 Å². The minimum absolute atomic E-state index is 0.264. The Morgan fingerprint density at radius 1 is 1.30 bits per heavy atom. The number of amides is 1. The molecule has 0 fully saturated rings. The lowest BCUT2D eigenvalue weighted by Gasteiger charge is -2.21. The molecule has 0 saturated carbocycles. The minimum Gasteiger partial charge on any atom is -0.296 e. The molecule has 3 aromatic rings. The summed E-state index contributed by atoms with van der Waals surface area (Å²) >= 11 is 1.56. The van der Waals surface area contributed by atoms with E-state index < -0.39 is 0 Å². The van der Waals surface area contributed by atoms with Gasteiger partial charge in [0.15, 0.2) is 10.8 Å². The Morgan fingerprint density at radius 2 is 2.17 bits per heavy atom. The van der Waals surface area contributed by atoms with Crippen molar-refractivity contribution in [3.63, 3.8) is 0 Å². The van der Waals surface area contributed by atoms with Gasteiger partial charge < -0.3 is 0 Å². The van der Waals surface area contributed by atoms with E-state index in [-0.39, 0.29) is 11.6 Å². The third-order valence-corrected chi connectivity index (χ3v) is 5.11. The number of anilines is 1. The van der Waals surface area contributed by atoms with Gasteiger partial charge in [-0.2, -0.15) is 15.4 Å². The van der Waals surface area contributed by atoms with E-state index in [0.717, 1.165) is 25.0 Å². The van der Waals surface area contributed by atoms with Gasteiger partial charge in [-0.05, 0) is 30.7 Å². The van der Waals surface area contributed by atoms with Crippen LogP contribution in [0.25, 0.3) is 0 Å². The normalized spacial score (nSPS) is 16.8. The molecule has 2 aromatic heterocycles. The summed E-state index contributed by atoms with van der Waals surface area (Å²) in [6.07, 6.45) is 4.42. The lowest BCUT2D eigenvalue weighted by Crippen LogP contribution is -2.12. The van der Waals surface area contributed by atoms with Gasteiger partial charge in [0.25, 0.3) is 5.91 Å². The van der Waals surface area contributed by atoms with Crippen molar-refractivity contribution in [2.45, 2.75) is 25.2 Å². The Bertz CT molecular complexity index is 812. The van der Waals surface area contributed by atoms with E-state index in [1.807, 2.05) is 6.07 Å². The van der Waals surface area contributed by atoms with Crippen LogP contribution in [0.3, 0.4) is 0 Å². The predicted octanol–water partition coefficient (Wildman–Crippen LogP) is 2.79. The number of aromatic amines is 1. The number of hydrogen-bond donors (Lipinski definition) is 2. The third-order valence-electron chi connectivity index (χ3n) is 4.08. The number of nitrogens with one attached hydrogen (secondary N) is 2. The van der Waals surface area contributed by atoms with Gasteiger partial charge in [-0.1, -0.05) is 30.3 Å². The second kappa shape index (κ2) is 5.92. The Morgan fingerprint density at radius 3 is 2.96 bits per heavy atom. The molecule has 1 aliphatic carbocycles. The van der Waals surface area contributed by atoms with Gasteiger partial charge in [-0.25, -0.2) is 4.98 Å². The van der Waals surface area contributed by atoms with Gasteiger partial charge in [0.05, 0.1) is 11.9 Å². The molecule has 2 N–H and O–H groups in total. The van der Waals surface area contributed by atoms with Gasteiger partial charge in [-0.15, -0.1) is 11.3 Å². The van der Waals surface area contributed by atoms with Crippen molar-refractivity contribution in [1.82, 2.24) is 20.4 Å². The molecule has 23 heavy (non-hydrogen) atoms. The number of fused-ring (bicyclic) bond motifs is 1. The number of carbonyl (C=O) groups is 1. The molecule has 7 heteroatoms. The Balaban J connectivity index is 1.50. The Kier molecular flexibility index (Phi) is 3.63. The maximum Gasteiger partial charge on any atom is 0.279 e. The average Bonchev–Trinajstić information content (AvgIpc) is 3.24. The van der Waals surface area contributed by atoms with Crippen LogP contribution in [0, 0.1) is 0 Å². The average molecular weight is 325 g/mol.